The molecule has 0 heterocycles. The van der Waals surface area contributed by atoms with E-state index in [0.29, 0.717) is 91.8 Å². The van der Waals surface area contributed by atoms with Crippen LogP contribution in [-0.2, 0) is 71.5 Å². The second-order valence-electron chi connectivity index (χ2n) is 25.4. The van der Waals surface area contributed by atoms with Gasteiger partial charge in [0.05, 0.1) is 44.7 Å². The van der Waals surface area contributed by atoms with Crippen molar-refractivity contribution >= 4 is 41.8 Å². The lowest BCUT2D eigenvalue weighted by Gasteiger charge is -2.19. The molecule has 0 radical (unpaired) electrons. The summed E-state index contributed by atoms with van der Waals surface area (Å²) in [5.74, 6) is 2.94. The highest BCUT2D eigenvalue weighted by Crippen LogP contribution is 2.24. The molecule has 2 N–H and O–H groups in total. The zero-order chi connectivity index (χ0) is 74.9. The molecule has 0 rings (SSSR count). The SMILES string of the molecule is C=C(C)C(=O)OCC(C)CCC(C)CC.C=C(C)C(=O)OCC(CC)OC.C=C(C)C(=O)OCC(O)CC.C=C(C)C(=O)OCCCC(C)C(C)CCCC.C=CC(=O)OCC(C)CCC(C)CC.C=CC(=O)OCC(O)CC.C=CC(=O)OCCCC(C)C(C)CCCC. The van der Waals surface area contributed by atoms with Gasteiger partial charge in [0.15, 0.2) is 0 Å². The van der Waals surface area contributed by atoms with Crippen LogP contribution in [0.15, 0.2) is 86.6 Å². The Morgan fingerprint density at radius 2 is 0.621 bits per heavy atom. The predicted octanol–water partition coefficient (Wildman–Crippen LogP) is 17.9. The molecule has 0 bridgehead atoms. The van der Waals surface area contributed by atoms with E-state index in [-0.39, 0.29) is 49.2 Å². The zero-order valence-corrected chi connectivity index (χ0v) is 63.9. The molecule has 0 saturated carbocycles. The van der Waals surface area contributed by atoms with E-state index in [0.717, 1.165) is 74.7 Å². The highest BCUT2D eigenvalue weighted by atomic mass is 16.6. The summed E-state index contributed by atoms with van der Waals surface area (Å²) in [6, 6.07) is 0. The van der Waals surface area contributed by atoms with Crippen molar-refractivity contribution in [3.05, 3.63) is 86.6 Å². The molecule has 0 spiro atoms. The number of unbranched alkanes of at least 4 members (excludes halogenated alkanes) is 2. The van der Waals surface area contributed by atoms with E-state index >= 15 is 0 Å². The van der Waals surface area contributed by atoms with Gasteiger partial charge in [-0.3, -0.25) is 0 Å². The maximum atomic E-state index is 11.1. The monoisotopic (exact) mass is 1350 g/mol. The molecule has 17 nitrogen and oxygen atoms in total. The minimum Gasteiger partial charge on any atom is -0.463 e. The maximum Gasteiger partial charge on any atom is 0.333 e. The van der Waals surface area contributed by atoms with Gasteiger partial charge in [0.1, 0.15) is 19.8 Å². The molecule has 0 fully saturated rings. The van der Waals surface area contributed by atoms with E-state index in [9.17, 15) is 33.6 Å². The smallest absolute Gasteiger partial charge is 0.333 e. The standard InChI is InChI=1S/C15H28O2.C14H26O2.C13H24O2.C12H22O2.C9H16O3.C8H14O3.C7H12O3/c1-6-7-9-13(4)14(5)10-8-11-17-15(16)12(2)3;1-5-7-9-12(3)13(4)10-8-11-16-14(15)6-2;1-6-11(4)7-8-12(5)9-15-13(14)10(2)3;1-5-10(3)7-8-11(4)9-14-12(13)6-2;1-5-8(11-4)6-12-9(10)7(2)3;1-4-7(9)5-11-8(10)6(2)3;1-3-6(8)5-10-7(9)4-2/h13-14H,2,6-11H2,1,3-5H3;6,12-13H,2,5,7-11H2,1,3-4H3;11-12H,2,6-9H2,1,3-5H3;6,10-11H,2,5,7-9H2,1,3-4H3;8H,2,5-6H2,1,3-4H3;7,9H,2,4-5H2,1,3H3;4,6,8H,2-3,5H2,1H3. The molecule has 556 valence electrons. The summed E-state index contributed by atoms with van der Waals surface area (Å²) in [5.41, 5.74) is 1.73. The molecule has 0 aromatic carbocycles. The quantitative estimate of drug-likeness (QED) is 0.0250. The zero-order valence-electron chi connectivity index (χ0n) is 63.9. The van der Waals surface area contributed by atoms with Crippen molar-refractivity contribution in [3.8, 4) is 0 Å². The maximum absolute atomic E-state index is 11.1. The Morgan fingerprint density at radius 1 is 0.347 bits per heavy atom. The highest BCUT2D eigenvalue weighted by Gasteiger charge is 2.15. The molecule has 11 atom stereocenters. The van der Waals surface area contributed by atoms with Crippen molar-refractivity contribution in [1.29, 1.82) is 0 Å². The Bertz CT molecular complexity index is 2040. The van der Waals surface area contributed by atoms with Gasteiger partial charge in [0.2, 0.25) is 0 Å². The van der Waals surface area contributed by atoms with E-state index < -0.39 is 24.1 Å². The molecular formula is C78H142O17. The first-order valence-electron chi connectivity index (χ1n) is 35.1. The third-order valence-corrected chi connectivity index (χ3v) is 15.6. The van der Waals surface area contributed by atoms with Crippen molar-refractivity contribution in [3.63, 3.8) is 0 Å². The van der Waals surface area contributed by atoms with E-state index in [1.807, 2.05) is 20.8 Å². The minimum atomic E-state index is -0.557. The van der Waals surface area contributed by atoms with Gasteiger partial charge < -0.3 is 48.1 Å². The second-order valence-corrected chi connectivity index (χ2v) is 25.4. The number of aliphatic hydroxyl groups is 2. The Morgan fingerprint density at radius 3 is 0.926 bits per heavy atom. The number of carbonyl (C=O) groups is 7. The number of ether oxygens (including phenoxy) is 8. The van der Waals surface area contributed by atoms with Crippen LogP contribution in [-0.4, -0.2) is 124 Å². The fourth-order valence-electron chi connectivity index (χ4n) is 7.27. The highest BCUT2D eigenvalue weighted by molar-refractivity contribution is 5.88. The van der Waals surface area contributed by atoms with Crippen LogP contribution in [0.4, 0.5) is 0 Å². The minimum absolute atomic E-state index is 0.00620. The van der Waals surface area contributed by atoms with Crippen molar-refractivity contribution in [2.75, 3.05) is 53.4 Å². The molecule has 0 aliphatic heterocycles. The largest absolute Gasteiger partial charge is 0.463 e. The first kappa shape index (κ1) is 103. The summed E-state index contributed by atoms with van der Waals surface area (Å²) < 4.78 is 39.2. The number of hydrogen-bond acceptors (Lipinski definition) is 17. The second kappa shape index (κ2) is 71.1. The average Bonchev–Trinajstić information content (AvgIpc) is 3.20. The van der Waals surface area contributed by atoms with Crippen LogP contribution < -0.4 is 0 Å². The van der Waals surface area contributed by atoms with Crippen LogP contribution in [0.5, 0.6) is 0 Å². The topological polar surface area (TPSA) is 234 Å². The van der Waals surface area contributed by atoms with E-state index in [4.69, 9.17) is 38.6 Å². The van der Waals surface area contributed by atoms with Gasteiger partial charge >= 0.3 is 41.8 Å². The molecule has 0 aromatic heterocycles. The lowest BCUT2D eigenvalue weighted by Crippen LogP contribution is -2.20. The fraction of sp³-hybridized carbons (Fsp3) is 0.731. The van der Waals surface area contributed by atoms with Crippen LogP contribution in [0.3, 0.4) is 0 Å². The van der Waals surface area contributed by atoms with Gasteiger partial charge in [-0.1, -0.05) is 214 Å². The molecule has 0 aliphatic rings. The number of aliphatic hydroxyl groups excluding tert-OH is 2. The molecular weight excluding hydrogens is 1210 g/mol. The number of esters is 7. The number of rotatable bonds is 45. The number of hydrogen-bond donors (Lipinski definition) is 2. The van der Waals surface area contributed by atoms with Gasteiger partial charge in [-0.2, -0.15) is 0 Å². The molecule has 0 saturated heterocycles. The third-order valence-electron chi connectivity index (χ3n) is 15.6. The van der Waals surface area contributed by atoms with E-state index in [2.05, 4.69) is 139 Å². The summed E-state index contributed by atoms with van der Waals surface area (Å²) in [4.78, 5) is 75.8. The van der Waals surface area contributed by atoms with Crippen LogP contribution in [0.1, 0.15) is 254 Å². The van der Waals surface area contributed by atoms with Gasteiger partial charge in [-0.05, 0) is 133 Å². The fourth-order valence-corrected chi connectivity index (χ4v) is 7.27. The number of methoxy groups -OCH3 is 1. The van der Waals surface area contributed by atoms with Crippen molar-refractivity contribution in [1.82, 2.24) is 0 Å². The normalized spacial score (nSPS) is 13.6. The van der Waals surface area contributed by atoms with Gasteiger partial charge in [0.25, 0.3) is 0 Å². The average molecular weight is 1350 g/mol. The van der Waals surface area contributed by atoms with Crippen molar-refractivity contribution in [2.45, 2.75) is 272 Å². The third kappa shape index (κ3) is 75.6. The molecule has 0 aromatic rings. The Balaban J connectivity index is -0.000000191. The van der Waals surface area contributed by atoms with E-state index in [1.54, 1.807) is 34.8 Å². The van der Waals surface area contributed by atoms with Crippen molar-refractivity contribution in [2.24, 2.45) is 47.3 Å². The summed E-state index contributed by atoms with van der Waals surface area (Å²) in [7, 11) is 1.60. The molecule has 17 heteroatoms. The first-order valence-corrected chi connectivity index (χ1v) is 35.1. The van der Waals surface area contributed by atoms with Crippen molar-refractivity contribution < 1.29 is 81.7 Å². The molecule has 11 unspecified atom stereocenters. The summed E-state index contributed by atoms with van der Waals surface area (Å²) in [5, 5.41) is 17.9. The molecule has 0 aliphatic carbocycles. The van der Waals surface area contributed by atoms with Gasteiger partial charge in [-0.25, -0.2) is 33.6 Å². The molecule has 0 amide bonds. The van der Waals surface area contributed by atoms with Gasteiger partial charge in [0, 0.05) is 47.6 Å². The Kier molecular flexibility index (Phi) is 77.0. The summed E-state index contributed by atoms with van der Waals surface area (Å²) in [6.45, 7) is 65.4. The Labute approximate surface area is 580 Å². The van der Waals surface area contributed by atoms with Crippen LogP contribution in [0, 0.1) is 47.3 Å². The lowest BCUT2D eigenvalue weighted by molar-refractivity contribution is -0.143. The van der Waals surface area contributed by atoms with Crippen LogP contribution in [0.25, 0.3) is 0 Å². The summed E-state index contributed by atoms with van der Waals surface area (Å²) in [6.07, 6.45) is 23.5. The molecule has 95 heavy (non-hydrogen) atoms. The van der Waals surface area contributed by atoms with Crippen LogP contribution >= 0.6 is 0 Å². The lowest BCUT2D eigenvalue weighted by atomic mass is 9.88. The predicted molar refractivity (Wildman–Crippen MR) is 390 cm³/mol. The van der Waals surface area contributed by atoms with Gasteiger partial charge in [-0.15, -0.1) is 0 Å². The van der Waals surface area contributed by atoms with E-state index in [1.165, 1.54) is 76.4 Å². The Hall–Kier alpha value is -5.65. The summed E-state index contributed by atoms with van der Waals surface area (Å²) >= 11 is 0. The first-order chi connectivity index (χ1) is 44.6. The number of carbonyl (C=O) groups excluding carboxylic acids is 7. The van der Waals surface area contributed by atoms with Crippen LogP contribution in [0.2, 0.25) is 0 Å².